The maximum atomic E-state index is 12.5. The summed E-state index contributed by atoms with van der Waals surface area (Å²) in [6, 6.07) is 11.4. The van der Waals surface area contributed by atoms with Gasteiger partial charge < -0.3 is 19.4 Å². The zero-order valence-corrected chi connectivity index (χ0v) is 15.4. The Morgan fingerprint density at radius 2 is 1.96 bits per heavy atom. The normalized spacial score (nSPS) is 20.6. The number of para-hydroxylation sites is 1. The predicted octanol–water partition coefficient (Wildman–Crippen LogP) is 2.96. The molecular weight excluding hydrogens is 344 g/mol. The number of nitrogens with zero attached hydrogens (tertiary/aromatic N) is 1. The SMILES string of the molecule is CNC(=O)CC1CC2(CCN(C(=O)c3ccco3)CC2)Oc2ccccc21. The number of furan rings is 1. The highest BCUT2D eigenvalue weighted by Gasteiger charge is 2.44. The van der Waals surface area contributed by atoms with Gasteiger partial charge in [0, 0.05) is 45.3 Å². The summed E-state index contributed by atoms with van der Waals surface area (Å²) in [6.45, 7) is 1.24. The lowest BCUT2D eigenvalue weighted by atomic mass is 9.76. The van der Waals surface area contributed by atoms with E-state index in [1.54, 1.807) is 19.2 Å². The molecule has 0 radical (unpaired) electrons. The van der Waals surface area contributed by atoms with Crippen molar-refractivity contribution in [2.24, 2.45) is 0 Å². The minimum absolute atomic E-state index is 0.0392. The number of carbonyl (C=O) groups is 2. The van der Waals surface area contributed by atoms with Crippen LogP contribution in [-0.4, -0.2) is 42.5 Å². The summed E-state index contributed by atoms with van der Waals surface area (Å²) < 4.78 is 11.7. The first kappa shape index (κ1) is 17.6. The first-order valence-electron chi connectivity index (χ1n) is 9.41. The van der Waals surface area contributed by atoms with Crippen LogP contribution >= 0.6 is 0 Å². The molecule has 3 heterocycles. The second kappa shape index (κ2) is 7.10. The topological polar surface area (TPSA) is 71.8 Å². The van der Waals surface area contributed by atoms with Gasteiger partial charge in [-0.3, -0.25) is 9.59 Å². The highest BCUT2D eigenvalue weighted by molar-refractivity contribution is 5.91. The van der Waals surface area contributed by atoms with Crippen molar-refractivity contribution in [1.82, 2.24) is 10.2 Å². The maximum absolute atomic E-state index is 12.5. The summed E-state index contributed by atoms with van der Waals surface area (Å²) in [5.41, 5.74) is 0.772. The van der Waals surface area contributed by atoms with Crippen LogP contribution in [0.1, 0.15) is 47.7 Å². The molecule has 6 heteroatoms. The van der Waals surface area contributed by atoms with Crippen molar-refractivity contribution in [2.75, 3.05) is 20.1 Å². The van der Waals surface area contributed by atoms with Crippen LogP contribution in [-0.2, 0) is 4.79 Å². The first-order valence-corrected chi connectivity index (χ1v) is 9.41. The molecule has 1 spiro atoms. The van der Waals surface area contributed by atoms with Crippen LogP contribution in [0.4, 0.5) is 0 Å². The minimum Gasteiger partial charge on any atom is -0.487 e. The lowest BCUT2D eigenvalue weighted by Gasteiger charge is -2.46. The van der Waals surface area contributed by atoms with Gasteiger partial charge in [-0.05, 0) is 30.2 Å². The molecule has 142 valence electrons. The molecule has 0 aliphatic carbocycles. The average Bonchev–Trinajstić information content (AvgIpc) is 3.23. The van der Waals surface area contributed by atoms with Crippen molar-refractivity contribution in [2.45, 2.75) is 37.2 Å². The summed E-state index contributed by atoms with van der Waals surface area (Å²) in [5.74, 6) is 1.33. The Labute approximate surface area is 158 Å². The number of benzene rings is 1. The molecule has 0 bridgehead atoms. The van der Waals surface area contributed by atoms with Gasteiger partial charge in [-0.1, -0.05) is 18.2 Å². The summed E-state index contributed by atoms with van der Waals surface area (Å²) >= 11 is 0. The Morgan fingerprint density at radius 1 is 1.19 bits per heavy atom. The molecule has 0 saturated carbocycles. The lowest BCUT2D eigenvalue weighted by molar-refractivity contribution is -0.121. The fraction of sp³-hybridized carbons (Fsp3) is 0.429. The number of rotatable bonds is 3. The summed E-state index contributed by atoms with van der Waals surface area (Å²) in [7, 11) is 1.67. The van der Waals surface area contributed by atoms with E-state index in [4.69, 9.17) is 9.15 Å². The van der Waals surface area contributed by atoms with Crippen molar-refractivity contribution in [3.63, 3.8) is 0 Å². The van der Waals surface area contributed by atoms with Gasteiger partial charge in [-0.15, -0.1) is 0 Å². The number of likely N-dealkylation sites (tertiary alicyclic amines) is 1. The van der Waals surface area contributed by atoms with Crippen LogP contribution < -0.4 is 10.1 Å². The van der Waals surface area contributed by atoms with E-state index in [-0.39, 0.29) is 23.3 Å². The fourth-order valence-electron chi connectivity index (χ4n) is 4.23. The van der Waals surface area contributed by atoms with Crippen LogP contribution in [0.25, 0.3) is 0 Å². The standard InChI is InChI=1S/C21H24N2O4/c1-22-19(24)13-15-14-21(27-17-6-3-2-5-16(15)17)8-10-23(11-9-21)20(25)18-7-4-12-26-18/h2-7,12,15H,8-11,13-14H2,1H3,(H,22,24). The Hall–Kier alpha value is -2.76. The van der Waals surface area contributed by atoms with E-state index in [1.807, 2.05) is 29.2 Å². The fourth-order valence-corrected chi connectivity index (χ4v) is 4.23. The number of piperidine rings is 1. The zero-order chi connectivity index (χ0) is 18.9. The van der Waals surface area contributed by atoms with E-state index in [9.17, 15) is 9.59 Å². The van der Waals surface area contributed by atoms with E-state index < -0.39 is 0 Å². The molecule has 1 N–H and O–H groups in total. The van der Waals surface area contributed by atoms with Crippen molar-refractivity contribution in [3.8, 4) is 5.75 Å². The van der Waals surface area contributed by atoms with Gasteiger partial charge in [-0.2, -0.15) is 0 Å². The molecule has 2 amide bonds. The van der Waals surface area contributed by atoms with E-state index in [0.29, 0.717) is 25.3 Å². The Balaban J connectivity index is 1.51. The van der Waals surface area contributed by atoms with E-state index in [2.05, 4.69) is 5.32 Å². The van der Waals surface area contributed by atoms with Crippen LogP contribution in [0, 0.1) is 0 Å². The Bertz CT molecular complexity index is 822. The number of amides is 2. The summed E-state index contributed by atoms with van der Waals surface area (Å²) in [4.78, 5) is 26.4. The number of ether oxygens (including phenoxy) is 1. The van der Waals surface area contributed by atoms with Crippen molar-refractivity contribution in [3.05, 3.63) is 54.0 Å². The Morgan fingerprint density at radius 3 is 2.67 bits per heavy atom. The second-order valence-corrected chi connectivity index (χ2v) is 7.37. The first-order chi connectivity index (χ1) is 13.1. The van der Waals surface area contributed by atoms with Crippen LogP contribution in [0.5, 0.6) is 5.75 Å². The lowest BCUT2D eigenvalue weighted by Crippen LogP contribution is -2.52. The van der Waals surface area contributed by atoms with E-state index in [0.717, 1.165) is 30.6 Å². The van der Waals surface area contributed by atoms with Crippen LogP contribution in [0.3, 0.4) is 0 Å². The second-order valence-electron chi connectivity index (χ2n) is 7.37. The van der Waals surface area contributed by atoms with Crippen molar-refractivity contribution >= 4 is 11.8 Å². The maximum Gasteiger partial charge on any atom is 0.289 e. The Kier molecular flexibility index (Phi) is 4.64. The third-order valence-electron chi connectivity index (χ3n) is 5.71. The molecule has 1 aromatic carbocycles. The van der Waals surface area contributed by atoms with Gasteiger partial charge >= 0.3 is 0 Å². The molecule has 2 aromatic rings. The molecule has 1 saturated heterocycles. The monoisotopic (exact) mass is 368 g/mol. The smallest absolute Gasteiger partial charge is 0.289 e. The third kappa shape index (κ3) is 3.44. The predicted molar refractivity (Wildman–Crippen MR) is 99.7 cm³/mol. The quantitative estimate of drug-likeness (QED) is 0.904. The van der Waals surface area contributed by atoms with E-state index >= 15 is 0 Å². The average molecular weight is 368 g/mol. The third-order valence-corrected chi connectivity index (χ3v) is 5.71. The molecule has 1 unspecified atom stereocenters. The van der Waals surface area contributed by atoms with Gasteiger partial charge in [-0.25, -0.2) is 0 Å². The molecule has 27 heavy (non-hydrogen) atoms. The molecule has 1 fully saturated rings. The van der Waals surface area contributed by atoms with E-state index in [1.165, 1.54) is 6.26 Å². The van der Waals surface area contributed by atoms with Gasteiger partial charge in [0.2, 0.25) is 5.91 Å². The number of carbonyl (C=O) groups excluding carboxylic acids is 2. The number of hydrogen-bond acceptors (Lipinski definition) is 4. The van der Waals surface area contributed by atoms with Gasteiger partial charge in [0.15, 0.2) is 5.76 Å². The van der Waals surface area contributed by atoms with Crippen molar-refractivity contribution < 1.29 is 18.7 Å². The van der Waals surface area contributed by atoms with Gasteiger partial charge in [0.25, 0.3) is 5.91 Å². The molecule has 2 aliphatic heterocycles. The van der Waals surface area contributed by atoms with Crippen LogP contribution in [0.2, 0.25) is 0 Å². The molecule has 6 nitrogen and oxygen atoms in total. The number of hydrogen-bond donors (Lipinski definition) is 1. The highest BCUT2D eigenvalue weighted by atomic mass is 16.5. The number of fused-ring (bicyclic) bond motifs is 1. The molecular formula is C21H24N2O4. The van der Waals surface area contributed by atoms with Crippen molar-refractivity contribution in [1.29, 1.82) is 0 Å². The molecule has 4 rings (SSSR count). The molecule has 2 aliphatic rings. The molecule has 1 aromatic heterocycles. The van der Waals surface area contributed by atoms with Gasteiger partial charge in [0.05, 0.1) is 6.26 Å². The zero-order valence-electron chi connectivity index (χ0n) is 15.4. The largest absolute Gasteiger partial charge is 0.487 e. The molecule has 1 atom stereocenters. The van der Waals surface area contributed by atoms with Crippen LogP contribution in [0.15, 0.2) is 47.1 Å². The summed E-state index contributed by atoms with van der Waals surface area (Å²) in [6.07, 6.45) is 4.26. The van der Waals surface area contributed by atoms with Gasteiger partial charge in [0.1, 0.15) is 11.4 Å². The number of nitrogens with one attached hydrogen (secondary N) is 1. The summed E-state index contributed by atoms with van der Waals surface area (Å²) in [5, 5.41) is 2.73. The highest BCUT2D eigenvalue weighted by Crippen LogP contribution is 2.46. The minimum atomic E-state index is -0.326.